The quantitative estimate of drug-likeness (QED) is 0.799. The Kier molecular flexibility index (Phi) is 5.67. The number of aliphatic hydroxyl groups excluding tert-OH is 1. The van der Waals surface area contributed by atoms with Crippen molar-refractivity contribution >= 4 is 11.6 Å². The molecule has 0 aliphatic carbocycles. The lowest BCUT2D eigenvalue weighted by Gasteiger charge is -2.39. The molecule has 2 aromatic rings. The van der Waals surface area contributed by atoms with Crippen molar-refractivity contribution in [1.82, 2.24) is 4.90 Å². The van der Waals surface area contributed by atoms with Crippen LogP contribution >= 0.6 is 11.6 Å². The van der Waals surface area contributed by atoms with Crippen molar-refractivity contribution < 1.29 is 19.3 Å². The molecule has 1 saturated heterocycles. The second-order valence-electron chi connectivity index (χ2n) is 7.63. The lowest BCUT2D eigenvalue weighted by molar-refractivity contribution is -0.00210. The van der Waals surface area contributed by atoms with Crippen LogP contribution in [-0.4, -0.2) is 55.1 Å². The van der Waals surface area contributed by atoms with Crippen molar-refractivity contribution in [3.8, 4) is 17.2 Å². The first-order chi connectivity index (χ1) is 13.6. The molecule has 0 aromatic heterocycles. The normalized spacial score (nSPS) is 19.1. The van der Waals surface area contributed by atoms with Crippen molar-refractivity contribution in [3.05, 3.63) is 53.1 Å². The fourth-order valence-corrected chi connectivity index (χ4v) is 4.29. The van der Waals surface area contributed by atoms with E-state index in [9.17, 15) is 5.11 Å². The first-order valence-corrected chi connectivity index (χ1v) is 10.1. The number of piperidine rings is 1. The molecule has 1 spiro atoms. The van der Waals surface area contributed by atoms with Gasteiger partial charge in [0.1, 0.15) is 24.1 Å². The first-order valence-electron chi connectivity index (χ1n) is 9.71. The van der Waals surface area contributed by atoms with Gasteiger partial charge < -0.3 is 24.2 Å². The van der Waals surface area contributed by atoms with Gasteiger partial charge in [-0.1, -0.05) is 23.7 Å². The number of rotatable bonds is 6. The topological polar surface area (TPSA) is 51.2 Å². The SMILES string of the molecule is COc1ccccc1OC[C@H](O)CN1CCC2(CC1)Cc1cc(Cl)ccc1O2. The van der Waals surface area contributed by atoms with Gasteiger partial charge in [-0.2, -0.15) is 0 Å². The van der Waals surface area contributed by atoms with Crippen LogP contribution in [0, 0.1) is 0 Å². The summed E-state index contributed by atoms with van der Waals surface area (Å²) in [5, 5.41) is 11.2. The third kappa shape index (κ3) is 4.22. The molecule has 28 heavy (non-hydrogen) atoms. The van der Waals surface area contributed by atoms with Crippen LogP contribution in [0.1, 0.15) is 18.4 Å². The zero-order chi connectivity index (χ0) is 19.6. The Hall–Kier alpha value is -1.95. The molecule has 2 aliphatic rings. The number of halogens is 1. The second-order valence-corrected chi connectivity index (χ2v) is 8.07. The maximum Gasteiger partial charge on any atom is 0.161 e. The smallest absolute Gasteiger partial charge is 0.161 e. The molecule has 1 atom stereocenters. The number of hydrogen-bond donors (Lipinski definition) is 1. The summed E-state index contributed by atoms with van der Waals surface area (Å²) < 4.78 is 17.3. The van der Waals surface area contributed by atoms with Crippen LogP contribution < -0.4 is 14.2 Å². The molecule has 150 valence electrons. The minimum atomic E-state index is -0.556. The minimum Gasteiger partial charge on any atom is -0.493 e. The van der Waals surface area contributed by atoms with Crippen LogP contribution in [0.25, 0.3) is 0 Å². The van der Waals surface area contributed by atoms with Crippen molar-refractivity contribution in [2.45, 2.75) is 31.0 Å². The molecule has 0 radical (unpaired) electrons. The molecular formula is C22H26ClNO4. The van der Waals surface area contributed by atoms with Crippen LogP contribution in [0.3, 0.4) is 0 Å². The number of nitrogens with zero attached hydrogens (tertiary/aromatic N) is 1. The van der Waals surface area contributed by atoms with E-state index in [1.54, 1.807) is 7.11 Å². The van der Waals surface area contributed by atoms with E-state index in [1.807, 2.05) is 42.5 Å². The summed E-state index contributed by atoms with van der Waals surface area (Å²) in [6, 6.07) is 13.3. The van der Waals surface area contributed by atoms with Crippen molar-refractivity contribution in [1.29, 1.82) is 0 Å². The number of β-amino-alcohol motifs (C(OH)–C–C–N with tert-alkyl or cyclic N) is 1. The van der Waals surface area contributed by atoms with Crippen molar-refractivity contribution in [2.24, 2.45) is 0 Å². The van der Waals surface area contributed by atoms with Crippen LogP contribution in [-0.2, 0) is 6.42 Å². The van der Waals surface area contributed by atoms with Crippen LogP contribution in [0.5, 0.6) is 17.2 Å². The average Bonchev–Trinajstić information content (AvgIpc) is 3.05. The molecule has 1 fully saturated rings. The molecule has 5 nitrogen and oxygen atoms in total. The third-order valence-electron chi connectivity index (χ3n) is 5.60. The summed E-state index contributed by atoms with van der Waals surface area (Å²) in [6.45, 7) is 2.62. The molecule has 2 aliphatic heterocycles. The summed E-state index contributed by atoms with van der Waals surface area (Å²) >= 11 is 6.11. The maximum atomic E-state index is 10.4. The van der Waals surface area contributed by atoms with Gasteiger partial charge in [0, 0.05) is 43.9 Å². The Labute approximate surface area is 170 Å². The molecule has 0 amide bonds. The largest absolute Gasteiger partial charge is 0.493 e. The highest BCUT2D eigenvalue weighted by Crippen LogP contribution is 2.41. The van der Waals surface area contributed by atoms with Crippen molar-refractivity contribution in [3.63, 3.8) is 0 Å². The third-order valence-corrected chi connectivity index (χ3v) is 5.83. The summed E-state index contributed by atoms with van der Waals surface area (Å²) in [4.78, 5) is 2.28. The monoisotopic (exact) mass is 403 g/mol. The summed E-state index contributed by atoms with van der Waals surface area (Å²) in [5.41, 5.74) is 1.08. The van der Waals surface area contributed by atoms with E-state index < -0.39 is 6.10 Å². The predicted molar refractivity (Wildman–Crippen MR) is 109 cm³/mol. The fourth-order valence-electron chi connectivity index (χ4n) is 4.10. The molecule has 0 unspecified atom stereocenters. The lowest BCUT2D eigenvalue weighted by atomic mass is 9.87. The maximum absolute atomic E-state index is 10.4. The summed E-state index contributed by atoms with van der Waals surface area (Å²) in [7, 11) is 1.61. The highest BCUT2D eigenvalue weighted by atomic mass is 35.5. The number of benzene rings is 2. The van der Waals surface area contributed by atoms with Gasteiger partial charge in [-0.3, -0.25) is 0 Å². The van der Waals surface area contributed by atoms with Gasteiger partial charge in [0.15, 0.2) is 11.5 Å². The second kappa shape index (κ2) is 8.19. The molecule has 2 heterocycles. The Bertz CT molecular complexity index is 820. The fraction of sp³-hybridized carbons (Fsp3) is 0.455. The van der Waals surface area contributed by atoms with Gasteiger partial charge in [-0.15, -0.1) is 0 Å². The Morgan fingerprint density at radius 2 is 1.93 bits per heavy atom. The Balaban J connectivity index is 1.26. The Morgan fingerprint density at radius 1 is 1.18 bits per heavy atom. The number of methoxy groups -OCH3 is 1. The number of likely N-dealkylation sites (tertiary alicyclic amines) is 1. The van der Waals surface area contributed by atoms with Gasteiger partial charge in [0.25, 0.3) is 0 Å². The van der Waals surface area contributed by atoms with E-state index in [4.69, 9.17) is 25.8 Å². The lowest BCUT2D eigenvalue weighted by Crippen LogP contribution is -2.49. The summed E-state index contributed by atoms with van der Waals surface area (Å²) in [5.74, 6) is 2.29. The number of para-hydroxylation sites is 2. The highest BCUT2D eigenvalue weighted by Gasteiger charge is 2.42. The van der Waals surface area contributed by atoms with Gasteiger partial charge in [-0.25, -0.2) is 0 Å². The molecule has 6 heteroatoms. The average molecular weight is 404 g/mol. The van der Waals surface area contributed by atoms with E-state index in [0.717, 1.165) is 43.1 Å². The molecule has 4 rings (SSSR count). The Morgan fingerprint density at radius 3 is 2.68 bits per heavy atom. The molecule has 0 saturated carbocycles. The summed E-state index contributed by atoms with van der Waals surface area (Å²) in [6.07, 6.45) is 2.24. The number of hydrogen-bond acceptors (Lipinski definition) is 5. The van der Waals surface area contributed by atoms with Gasteiger partial charge in [0.05, 0.1) is 7.11 Å². The van der Waals surface area contributed by atoms with Gasteiger partial charge in [0.2, 0.25) is 0 Å². The van der Waals surface area contributed by atoms with Crippen LogP contribution in [0.2, 0.25) is 5.02 Å². The molecule has 1 N–H and O–H groups in total. The van der Waals surface area contributed by atoms with E-state index in [2.05, 4.69) is 4.90 Å². The van der Waals surface area contributed by atoms with E-state index in [0.29, 0.717) is 18.0 Å². The number of ether oxygens (including phenoxy) is 3. The van der Waals surface area contributed by atoms with Crippen LogP contribution in [0.4, 0.5) is 0 Å². The standard InChI is InChI=1S/C22H26ClNO4/c1-26-20-4-2-3-5-21(20)27-15-18(25)14-24-10-8-22(9-11-24)13-16-12-17(23)6-7-19(16)28-22/h2-7,12,18,25H,8-11,13-15H2,1H3/t18-/m1/s1. The first kappa shape index (κ1) is 19.4. The van der Waals surface area contributed by atoms with Gasteiger partial charge in [-0.05, 0) is 35.9 Å². The zero-order valence-corrected chi connectivity index (χ0v) is 16.8. The van der Waals surface area contributed by atoms with Gasteiger partial charge >= 0.3 is 0 Å². The molecular weight excluding hydrogens is 378 g/mol. The van der Waals surface area contributed by atoms with E-state index >= 15 is 0 Å². The van der Waals surface area contributed by atoms with E-state index in [1.165, 1.54) is 5.56 Å². The van der Waals surface area contributed by atoms with E-state index in [-0.39, 0.29) is 12.2 Å². The molecule has 2 aromatic carbocycles. The molecule has 0 bridgehead atoms. The number of aliphatic hydroxyl groups is 1. The predicted octanol–water partition coefficient (Wildman–Crippen LogP) is 3.56. The van der Waals surface area contributed by atoms with Crippen LogP contribution in [0.15, 0.2) is 42.5 Å². The minimum absolute atomic E-state index is 0.123. The highest BCUT2D eigenvalue weighted by molar-refractivity contribution is 6.30. The van der Waals surface area contributed by atoms with Crippen molar-refractivity contribution in [2.75, 3.05) is 33.4 Å². The number of fused-ring (bicyclic) bond motifs is 1. The zero-order valence-electron chi connectivity index (χ0n) is 16.1.